The normalized spacial score (nSPS) is 12.4. The summed E-state index contributed by atoms with van der Waals surface area (Å²) >= 11 is 0. The Kier molecular flexibility index (Phi) is 4.60. The molecular formula is C17H15FN2O4. The van der Waals surface area contributed by atoms with Crippen LogP contribution in [0.25, 0.3) is 0 Å². The predicted molar refractivity (Wildman–Crippen MR) is 85.7 cm³/mol. The third kappa shape index (κ3) is 3.81. The number of carbonyl (C=O) groups excluding carboxylic acids is 2. The van der Waals surface area contributed by atoms with Crippen LogP contribution < -0.4 is 20.1 Å². The van der Waals surface area contributed by atoms with E-state index in [-0.39, 0.29) is 5.69 Å². The minimum Gasteiger partial charge on any atom is -0.486 e. The van der Waals surface area contributed by atoms with Crippen LogP contribution in [0.3, 0.4) is 0 Å². The summed E-state index contributed by atoms with van der Waals surface area (Å²) in [6, 6.07) is 10.7. The van der Waals surface area contributed by atoms with Gasteiger partial charge in [-0.3, -0.25) is 9.59 Å². The molecule has 0 saturated heterocycles. The molecule has 0 unspecified atom stereocenters. The van der Waals surface area contributed by atoms with Crippen LogP contribution in [0, 0.1) is 5.82 Å². The van der Waals surface area contributed by atoms with Gasteiger partial charge in [-0.05, 0) is 24.3 Å². The van der Waals surface area contributed by atoms with Gasteiger partial charge in [0.05, 0.1) is 5.69 Å². The molecule has 0 fully saturated rings. The van der Waals surface area contributed by atoms with Gasteiger partial charge in [-0.1, -0.05) is 12.1 Å². The van der Waals surface area contributed by atoms with E-state index in [0.717, 1.165) is 0 Å². The topological polar surface area (TPSA) is 76.7 Å². The zero-order chi connectivity index (χ0) is 16.9. The Morgan fingerprint density at radius 1 is 0.958 bits per heavy atom. The molecule has 0 radical (unpaired) electrons. The van der Waals surface area contributed by atoms with Crippen LogP contribution in [0.4, 0.5) is 15.8 Å². The molecular weight excluding hydrogens is 315 g/mol. The number of hydrogen-bond acceptors (Lipinski definition) is 4. The van der Waals surface area contributed by atoms with Crippen LogP contribution in [0.5, 0.6) is 11.5 Å². The number of benzene rings is 2. The maximum atomic E-state index is 13.5. The number of fused-ring (bicyclic) bond motifs is 1. The van der Waals surface area contributed by atoms with Gasteiger partial charge in [0.25, 0.3) is 0 Å². The van der Waals surface area contributed by atoms with Crippen molar-refractivity contribution in [1.29, 1.82) is 0 Å². The number of rotatable bonds is 4. The predicted octanol–water partition coefficient (Wildman–Crippen LogP) is 2.56. The quantitative estimate of drug-likeness (QED) is 0.845. The maximum absolute atomic E-state index is 13.5. The van der Waals surface area contributed by atoms with Gasteiger partial charge >= 0.3 is 0 Å². The van der Waals surface area contributed by atoms with Crippen LogP contribution in [0.2, 0.25) is 0 Å². The van der Waals surface area contributed by atoms with Crippen LogP contribution in [-0.2, 0) is 9.59 Å². The summed E-state index contributed by atoms with van der Waals surface area (Å²) in [5.74, 6) is -0.528. The van der Waals surface area contributed by atoms with Gasteiger partial charge in [-0.25, -0.2) is 4.39 Å². The van der Waals surface area contributed by atoms with Crippen molar-refractivity contribution in [2.45, 2.75) is 6.42 Å². The number of nitrogens with one attached hydrogen (secondary N) is 2. The monoisotopic (exact) mass is 330 g/mol. The van der Waals surface area contributed by atoms with E-state index < -0.39 is 24.1 Å². The number of halogens is 1. The molecule has 0 spiro atoms. The first-order chi connectivity index (χ1) is 11.6. The lowest BCUT2D eigenvalue weighted by molar-refractivity contribution is -0.123. The van der Waals surface area contributed by atoms with Crippen molar-refractivity contribution in [3.63, 3.8) is 0 Å². The Balaban J connectivity index is 1.57. The Hall–Kier alpha value is -3.09. The van der Waals surface area contributed by atoms with Crippen molar-refractivity contribution in [3.8, 4) is 11.5 Å². The van der Waals surface area contributed by atoms with E-state index in [0.29, 0.717) is 30.4 Å². The van der Waals surface area contributed by atoms with E-state index in [2.05, 4.69) is 10.6 Å². The van der Waals surface area contributed by atoms with Crippen LogP contribution in [0.15, 0.2) is 42.5 Å². The Morgan fingerprint density at radius 2 is 1.67 bits per heavy atom. The average molecular weight is 330 g/mol. The summed E-state index contributed by atoms with van der Waals surface area (Å²) in [4.78, 5) is 23.7. The molecule has 0 aromatic heterocycles. The van der Waals surface area contributed by atoms with Crippen molar-refractivity contribution >= 4 is 23.2 Å². The van der Waals surface area contributed by atoms with E-state index in [9.17, 15) is 14.0 Å². The molecule has 24 heavy (non-hydrogen) atoms. The Labute approximate surface area is 137 Å². The van der Waals surface area contributed by atoms with Gasteiger partial charge < -0.3 is 20.1 Å². The molecule has 2 aromatic carbocycles. The highest BCUT2D eigenvalue weighted by Crippen LogP contribution is 2.32. The van der Waals surface area contributed by atoms with Crippen molar-refractivity contribution < 1.29 is 23.5 Å². The van der Waals surface area contributed by atoms with Gasteiger partial charge in [-0.2, -0.15) is 0 Å². The smallest absolute Gasteiger partial charge is 0.233 e. The molecule has 2 amide bonds. The summed E-state index contributed by atoms with van der Waals surface area (Å²) < 4.78 is 24.3. The summed E-state index contributed by atoms with van der Waals surface area (Å²) in [5.41, 5.74) is 0.526. The molecule has 1 heterocycles. The van der Waals surface area contributed by atoms with Gasteiger partial charge in [0.1, 0.15) is 25.5 Å². The SMILES string of the molecule is O=C(CC(=O)Nc1ccccc1F)Nc1ccc2c(c1)OCCO2. The Morgan fingerprint density at radius 3 is 2.46 bits per heavy atom. The van der Waals surface area contributed by atoms with E-state index in [1.54, 1.807) is 24.3 Å². The minimum absolute atomic E-state index is 0.0367. The Bertz CT molecular complexity index is 779. The van der Waals surface area contributed by atoms with E-state index in [1.807, 2.05) is 0 Å². The summed E-state index contributed by atoms with van der Waals surface area (Å²) in [6.45, 7) is 0.921. The lowest BCUT2D eigenvalue weighted by Crippen LogP contribution is -2.22. The molecule has 1 aliphatic rings. The molecule has 0 aliphatic carbocycles. The third-order valence-corrected chi connectivity index (χ3v) is 3.29. The zero-order valence-electron chi connectivity index (χ0n) is 12.7. The van der Waals surface area contributed by atoms with Crippen LogP contribution >= 0.6 is 0 Å². The number of anilines is 2. The van der Waals surface area contributed by atoms with E-state index >= 15 is 0 Å². The van der Waals surface area contributed by atoms with Gasteiger partial charge in [0.2, 0.25) is 11.8 Å². The number of ether oxygens (including phenoxy) is 2. The fourth-order valence-electron chi connectivity index (χ4n) is 2.23. The number of hydrogen-bond donors (Lipinski definition) is 2. The first-order valence-electron chi connectivity index (χ1n) is 7.36. The highest BCUT2D eigenvalue weighted by molar-refractivity contribution is 6.08. The number of para-hydroxylation sites is 1. The number of amides is 2. The standard InChI is InChI=1S/C17H15FN2O4/c18-12-3-1-2-4-13(12)20-17(22)10-16(21)19-11-5-6-14-15(9-11)24-8-7-23-14/h1-6,9H,7-8,10H2,(H,19,21)(H,20,22). The van der Waals surface area contributed by atoms with Crippen molar-refractivity contribution in [1.82, 2.24) is 0 Å². The van der Waals surface area contributed by atoms with Gasteiger partial charge in [0, 0.05) is 11.8 Å². The van der Waals surface area contributed by atoms with Gasteiger partial charge in [0.15, 0.2) is 11.5 Å². The molecule has 6 nitrogen and oxygen atoms in total. The zero-order valence-corrected chi connectivity index (χ0v) is 12.7. The molecule has 0 saturated carbocycles. The molecule has 1 aliphatic heterocycles. The summed E-state index contributed by atoms with van der Waals surface area (Å²) in [5, 5.41) is 4.95. The lowest BCUT2D eigenvalue weighted by Gasteiger charge is -2.19. The molecule has 0 bridgehead atoms. The maximum Gasteiger partial charge on any atom is 0.233 e. The van der Waals surface area contributed by atoms with Crippen molar-refractivity contribution in [2.24, 2.45) is 0 Å². The third-order valence-electron chi connectivity index (χ3n) is 3.29. The number of carbonyl (C=O) groups is 2. The average Bonchev–Trinajstić information content (AvgIpc) is 2.56. The molecule has 2 aromatic rings. The summed E-state index contributed by atoms with van der Waals surface area (Å²) in [6.07, 6.45) is -0.428. The van der Waals surface area contributed by atoms with Gasteiger partial charge in [-0.15, -0.1) is 0 Å². The second-order valence-corrected chi connectivity index (χ2v) is 5.11. The molecule has 3 rings (SSSR count). The fourth-order valence-corrected chi connectivity index (χ4v) is 2.23. The first kappa shape index (κ1) is 15.8. The molecule has 124 valence electrons. The highest BCUT2D eigenvalue weighted by Gasteiger charge is 2.15. The first-order valence-corrected chi connectivity index (χ1v) is 7.36. The minimum atomic E-state index is -0.602. The summed E-state index contributed by atoms with van der Waals surface area (Å²) in [7, 11) is 0. The van der Waals surface area contributed by atoms with E-state index in [1.165, 1.54) is 18.2 Å². The van der Waals surface area contributed by atoms with Crippen molar-refractivity contribution in [2.75, 3.05) is 23.8 Å². The lowest BCUT2D eigenvalue weighted by atomic mass is 10.2. The largest absolute Gasteiger partial charge is 0.486 e. The second-order valence-electron chi connectivity index (χ2n) is 5.11. The molecule has 7 heteroatoms. The fraction of sp³-hybridized carbons (Fsp3) is 0.176. The van der Waals surface area contributed by atoms with Crippen molar-refractivity contribution in [3.05, 3.63) is 48.3 Å². The molecule has 2 N–H and O–H groups in total. The van der Waals surface area contributed by atoms with Crippen LogP contribution in [-0.4, -0.2) is 25.0 Å². The molecule has 0 atom stereocenters. The second kappa shape index (κ2) is 6.99. The van der Waals surface area contributed by atoms with E-state index in [4.69, 9.17) is 9.47 Å². The highest BCUT2D eigenvalue weighted by atomic mass is 19.1. The van der Waals surface area contributed by atoms with Crippen LogP contribution in [0.1, 0.15) is 6.42 Å².